The molecule has 0 bridgehead atoms. The molecule has 1 aromatic carbocycles. The minimum Gasteiger partial charge on any atom is -0.348 e. The number of amides is 1. The minimum absolute atomic E-state index is 0.0163. The predicted molar refractivity (Wildman–Crippen MR) is 54.5 cm³/mol. The maximum atomic E-state index is 11.2. The summed E-state index contributed by atoms with van der Waals surface area (Å²) >= 11 is 0. The minimum atomic E-state index is -0.0163. The highest BCUT2D eigenvalue weighted by Gasteiger charge is 2.26. The van der Waals surface area contributed by atoms with Crippen molar-refractivity contribution in [3.8, 4) is 0 Å². The van der Waals surface area contributed by atoms with E-state index in [9.17, 15) is 4.79 Å². The van der Waals surface area contributed by atoms with E-state index in [0.717, 1.165) is 12.0 Å². The van der Waals surface area contributed by atoms with E-state index in [2.05, 4.69) is 5.32 Å². The molecule has 1 heterocycles. The van der Waals surface area contributed by atoms with Crippen LogP contribution in [0.4, 0.5) is 0 Å². The molecule has 1 fully saturated rings. The zero-order chi connectivity index (χ0) is 9.97. The van der Waals surface area contributed by atoms with Crippen molar-refractivity contribution in [1.82, 2.24) is 5.32 Å². The highest BCUT2D eigenvalue weighted by atomic mass is 16.1. The van der Waals surface area contributed by atoms with E-state index < -0.39 is 0 Å². The summed E-state index contributed by atoms with van der Waals surface area (Å²) in [5.74, 6) is 0.0977. The Bertz CT molecular complexity index is 323. The maximum Gasteiger partial charge on any atom is 0.220 e. The van der Waals surface area contributed by atoms with Crippen LogP contribution >= 0.6 is 0 Å². The molecule has 3 N–H and O–H groups in total. The van der Waals surface area contributed by atoms with Crippen molar-refractivity contribution in [2.75, 3.05) is 0 Å². The van der Waals surface area contributed by atoms with Crippen LogP contribution < -0.4 is 11.1 Å². The van der Waals surface area contributed by atoms with Gasteiger partial charge in [-0.1, -0.05) is 30.3 Å². The van der Waals surface area contributed by atoms with Crippen LogP contribution in [0.3, 0.4) is 0 Å². The third-order valence-electron chi connectivity index (χ3n) is 2.61. The average Bonchev–Trinajstić information content (AvgIpc) is 2.23. The van der Waals surface area contributed by atoms with Crippen molar-refractivity contribution >= 4 is 5.91 Å². The largest absolute Gasteiger partial charge is 0.348 e. The first-order chi connectivity index (χ1) is 6.77. The summed E-state index contributed by atoms with van der Waals surface area (Å²) in [6, 6.07) is 9.89. The van der Waals surface area contributed by atoms with Crippen molar-refractivity contribution < 1.29 is 4.79 Å². The van der Waals surface area contributed by atoms with Gasteiger partial charge in [-0.3, -0.25) is 4.79 Å². The molecule has 2 rings (SSSR count). The molecule has 2 atom stereocenters. The molecule has 1 amide bonds. The number of carbonyl (C=O) groups is 1. The number of carbonyl (C=O) groups excluding carboxylic acids is 1. The highest BCUT2D eigenvalue weighted by Crippen LogP contribution is 2.21. The Labute approximate surface area is 83.3 Å². The van der Waals surface area contributed by atoms with E-state index in [0.29, 0.717) is 6.42 Å². The monoisotopic (exact) mass is 190 g/mol. The van der Waals surface area contributed by atoms with Crippen molar-refractivity contribution in [2.24, 2.45) is 5.73 Å². The lowest BCUT2D eigenvalue weighted by molar-refractivity contribution is -0.123. The van der Waals surface area contributed by atoms with Crippen molar-refractivity contribution in [3.63, 3.8) is 0 Å². The SMILES string of the molecule is N[C@H]1CCC(=O)N[C@H]1c1ccccc1. The topological polar surface area (TPSA) is 55.1 Å². The van der Waals surface area contributed by atoms with Gasteiger partial charge in [0.05, 0.1) is 6.04 Å². The van der Waals surface area contributed by atoms with Crippen LogP contribution in [0.1, 0.15) is 24.4 Å². The summed E-state index contributed by atoms with van der Waals surface area (Å²) < 4.78 is 0. The first-order valence-corrected chi connectivity index (χ1v) is 4.87. The molecule has 0 aromatic heterocycles. The van der Waals surface area contributed by atoms with Gasteiger partial charge in [-0.15, -0.1) is 0 Å². The Morgan fingerprint density at radius 2 is 2.00 bits per heavy atom. The van der Waals surface area contributed by atoms with E-state index >= 15 is 0 Å². The Morgan fingerprint density at radius 1 is 1.29 bits per heavy atom. The molecule has 14 heavy (non-hydrogen) atoms. The number of hydrogen-bond acceptors (Lipinski definition) is 2. The average molecular weight is 190 g/mol. The van der Waals surface area contributed by atoms with Crippen LogP contribution in [0, 0.1) is 0 Å². The smallest absolute Gasteiger partial charge is 0.220 e. The van der Waals surface area contributed by atoms with Gasteiger partial charge in [0.15, 0.2) is 0 Å². The molecule has 3 heteroatoms. The van der Waals surface area contributed by atoms with Gasteiger partial charge in [-0.25, -0.2) is 0 Å². The van der Waals surface area contributed by atoms with Gasteiger partial charge in [0.1, 0.15) is 0 Å². The molecule has 0 unspecified atom stereocenters. The molecule has 0 aliphatic carbocycles. The molecule has 1 saturated heterocycles. The van der Waals surface area contributed by atoms with Crippen LogP contribution in [0.15, 0.2) is 30.3 Å². The number of nitrogens with two attached hydrogens (primary N) is 1. The van der Waals surface area contributed by atoms with Gasteiger partial charge in [-0.05, 0) is 12.0 Å². The van der Waals surface area contributed by atoms with Crippen LogP contribution in [0.2, 0.25) is 0 Å². The first kappa shape index (κ1) is 9.21. The van der Waals surface area contributed by atoms with Crippen LogP contribution in [-0.4, -0.2) is 11.9 Å². The van der Waals surface area contributed by atoms with Gasteiger partial charge in [0.2, 0.25) is 5.91 Å². The molecule has 74 valence electrons. The number of benzene rings is 1. The summed E-state index contributed by atoms with van der Waals surface area (Å²) in [7, 11) is 0. The fourth-order valence-corrected chi connectivity index (χ4v) is 1.81. The molecular formula is C11H14N2O. The molecule has 0 saturated carbocycles. The normalized spacial score (nSPS) is 27.1. The summed E-state index contributed by atoms with van der Waals surface area (Å²) in [5, 5.41) is 2.92. The predicted octanol–water partition coefficient (Wildman–Crippen LogP) is 0.965. The lowest BCUT2D eigenvalue weighted by atomic mass is 9.93. The molecule has 0 spiro atoms. The quantitative estimate of drug-likeness (QED) is 0.693. The van der Waals surface area contributed by atoms with E-state index in [1.807, 2.05) is 30.3 Å². The first-order valence-electron chi connectivity index (χ1n) is 4.87. The molecule has 0 radical (unpaired) electrons. The van der Waals surface area contributed by atoms with E-state index in [1.165, 1.54) is 0 Å². The number of piperidine rings is 1. The molecular weight excluding hydrogens is 176 g/mol. The van der Waals surface area contributed by atoms with Crippen LogP contribution in [0.25, 0.3) is 0 Å². The van der Waals surface area contributed by atoms with Crippen LogP contribution in [0.5, 0.6) is 0 Å². The summed E-state index contributed by atoms with van der Waals surface area (Å²) in [4.78, 5) is 11.2. The number of nitrogens with one attached hydrogen (secondary N) is 1. The fraction of sp³-hybridized carbons (Fsp3) is 0.364. The zero-order valence-electron chi connectivity index (χ0n) is 7.94. The molecule has 3 nitrogen and oxygen atoms in total. The Morgan fingerprint density at radius 3 is 2.71 bits per heavy atom. The molecule has 1 aromatic rings. The summed E-state index contributed by atoms with van der Waals surface area (Å²) in [6.07, 6.45) is 1.32. The van der Waals surface area contributed by atoms with E-state index in [4.69, 9.17) is 5.73 Å². The lowest BCUT2D eigenvalue weighted by Crippen LogP contribution is -2.45. The summed E-state index contributed by atoms with van der Waals surface area (Å²) in [5.41, 5.74) is 7.05. The Kier molecular flexibility index (Phi) is 2.50. The lowest BCUT2D eigenvalue weighted by Gasteiger charge is -2.29. The maximum absolute atomic E-state index is 11.2. The summed E-state index contributed by atoms with van der Waals surface area (Å²) in [6.45, 7) is 0. The van der Waals surface area contributed by atoms with Gasteiger partial charge in [0, 0.05) is 12.5 Å². The second kappa shape index (κ2) is 3.80. The van der Waals surface area contributed by atoms with Gasteiger partial charge in [0.25, 0.3) is 0 Å². The Hall–Kier alpha value is -1.35. The van der Waals surface area contributed by atoms with Crippen molar-refractivity contribution in [2.45, 2.75) is 24.9 Å². The van der Waals surface area contributed by atoms with Gasteiger partial charge >= 0.3 is 0 Å². The Balaban J connectivity index is 2.20. The number of rotatable bonds is 1. The van der Waals surface area contributed by atoms with E-state index in [-0.39, 0.29) is 18.0 Å². The molecule has 1 aliphatic heterocycles. The van der Waals surface area contributed by atoms with Gasteiger partial charge < -0.3 is 11.1 Å². The second-order valence-electron chi connectivity index (χ2n) is 3.66. The third-order valence-corrected chi connectivity index (χ3v) is 2.61. The van der Waals surface area contributed by atoms with Crippen molar-refractivity contribution in [3.05, 3.63) is 35.9 Å². The number of hydrogen-bond donors (Lipinski definition) is 2. The van der Waals surface area contributed by atoms with Crippen LogP contribution in [-0.2, 0) is 4.79 Å². The van der Waals surface area contributed by atoms with E-state index in [1.54, 1.807) is 0 Å². The highest BCUT2D eigenvalue weighted by molar-refractivity contribution is 5.77. The second-order valence-corrected chi connectivity index (χ2v) is 3.66. The molecule has 1 aliphatic rings. The fourth-order valence-electron chi connectivity index (χ4n) is 1.81. The standard InChI is InChI=1S/C11H14N2O/c12-9-6-7-10(14)13-11(9)8-4-2-1-3-5-8/h1-5,9,11H,6-7,12H2,(H,13,14)/t9-,11-/m0/s1. The third kappa shape index (κ3) is 1.77. The van der Waals surface area contributed by atoms with Crippen molar-refractivity contribution in [1.29, 1.82) is 0 Å². The van der Waals surface area contributed by atoms with Gasteiger partial charge in [-0.2, -0.15) is 0 Å². The zero-order valence-corrected chi connectivity index (χ0v) is 7.94.